The summed E-state index contributed by atoms with van der Waals surface area (Å²) in [6.07, 6.45) is 0.153. The molecule has 1 aliphatic rings. The van der Waals surface area contributed by atoms with Crippen molar-refractivity contribution < 1.29 is 22.7 Å². The van der Waals surface area contributed by atoms with Gasteiger partial charge in [-0.15, -0.1) is 10.2 Å². The van der Waals surface area contributed by atoms with E-state index in [-0.39, 0.29) is 28.7 Å². The fourth-order valence-electron chi connectivity index (χ4n) is 4.04. The van der Waals surface area contributed by atoms with Gasteiger partial charge in [-0.1, -0.05) is 74.6 Å². The van der Waals surface area contributed by atoms with E-state index in [0.29, 0.717) is 16.5 Å². The average Bonchev–Trinajstić information content (AvgIpc) is 3.57. The highest BCUT2D eigenvalue weighted by Gasteiger charge is 2.28. The number of carbonyl (C=O) groups excluding carboxylic acids is 1. The summed E-state index contributed by atoms with van der Waals surface area (Å²) in [4.78, 5) is 13.5. The van der Waals surface area contributed by atoms with Gasteiger partial charge >= 0.3 is 0 Å². The summed E-state index contributed by atoms with van der Waals surface area (Å²) in [7, 11) is -3.99. The second-order valence-corrected chi connectivity index (χ2v) is 12.8. The van der Waals surface area contributed by atoms with Crippen LogP contribution in [-0.4, -0.2) is 37.4 Å². The number of fused-ring (bicyclic) bond motifs is 1. The highest BCUT2D eigenvalue weighted by Crippen LogP contribution is 2.37. The summed E-state index contributed by atoms with van der Waals surface area (Å²) >= 11 is 1.17. The van der Waals surface area contributed by atoms with Crippen LogP contribution in [0.5, 0.6) is 11.5 Å². The van der Waals surface area contributed by atoms with Crippen LogP contribution in [0.25, 0.3) is 10.6 Å². The Morgan fingerprint density at radius 1 is 0.974 bits per heavy atom. The van der Waals surface area contributed by atoms with Gasteiger partial charge in [0.15, 0.2) is 11.5 Å². The highest BCUT2D eigenvalue weighted by atomic mass is 32.2. The molecule has 0 aliphatic carbocycles. The molecular weight excluding hydrogens is 536 g/mol. The fraction of sp³-hybridized carbons (Fsp3) is 0.250. The molecule has 1 aromatic heterocycles. The van der Waals surface area contributed by atoms with Crippen LogP contribution in [-0.2, 0) is 26.7 Å². The van der Waals surface area contributed by atoms with Gasteiger partial charge in [-0.05, 0) is 53.3 Å². The van der Waals surface area contributed by atoms with Gasteiger partial charge in [0.2, 0.25) is 27.9 Å². The van der Waals surface area contributed by atoms with Gasteiger partial charge < -0.3 is 9.47 Å². The Kier molecular flexibility index (Phi) is 7.39. The Morgan fingerprint density at radius 2 is 1.69 bits per heavy atom. The molecule has 1 amide bonds. The van der Waals surface area contributed by atoms with Crippen molar-refractivity contribution in [3.8, 4) is 22.1 Å². The van der Waals surface area contributed by atoms with E-state index in [1.807, 2.05) is 36.4 Å². The van der Waals surface area contributed by atoms with Crippen LogP contribution in [0.1, 0.15) is 31.9 Å². The number of ether oxygens (including phenoxy) is 2. The zero-order chi connectivity index (χ0) is 27.6. The molecule has 0 saturated carbocycles. The van der Waals surface area contributed by atoms with Gasteiger partial charge in [-0.25, -0.2) is 8.42 Å². The topological polar surface area (TPSA) is 120 Å². The highest BCUT2D eigenvalue weighted by molar-refractivity contribution is 7.89. The van der Waals surface area contributed by atoms with Gasteiger partial charge in [0.1, 0.15) is 11.0 Å². The Morgan fingerprint density at radius 3 is 2.41 bits per heavy atom. The molecule has 3 aromatic carbocycles. The fourth-order valence-corrected chi connectivity index (χ4v) is 5.98. The maximum absolute atomic E-state index is 13.4. The molecule has 5 rings (SSSR count). The zero-order valence-corrected chi connectivity index (χ0v) is 23.3. The standard InChI is InChI=1S/C28H28N4O5S2/c1-28(2,3)20-10-12-21(13-11-20)39(34,35)32-22(15-18-7-5-4-6-8-18)25(33)29-27-31-30-26(38-27)19-9-14-23-24(16-19)37-17-36-23/h4-14,16,22,32H,15,17H2,1-3H3,(H,29,31,33). The molecular formula is C28H28N4O5S2. The first-order valence-electron chi connectivity index (χ1n) is 12.3. The van der Waals surface area contributed by atoms with Gasteiger partial charge in [0.05, 0.1) is 4.90 Å². The Labute approximate surface area is 231 Å². The Bertz CT molecular complexity index is 1580. The zero-order valence-electron chi connectivity index (χ0n) is 21.7. The maximum atomic E-state index is 13.4. The van der Waals surface area contributed by atoms with E-state index >= 15 is 0 Å². The number of carbonyl (C=O) groups is 1. The molecule has 39 heavy (non-hydrogen) atoms. The van der Waals surface area contributed by atoms with Crippen molar-refractivity contribution in [1.29, 1.82) is 0 Å². The third kappa shape index (κ3) is 6.27. The lowest BCUT2D eigenvalue weighted by atomic mass is 9.87. The summed E-state index contributed by atoms with van der Waals surface area (Å²) < 4.78 is 39.9. The number of aromatic nitrogens is 2. The largest absolute Gasteiger partial charge is 0.454 e. The van der Waals surface area contributed by atoms with E-state index in [4.69, 9.17) is 9.47 Å². The van der Waals surface area contributed by atoms with E-state index in [2.05, 4.69) is 41.0 Å². The molecule has 0 radical (unpaired) electrons. The van der Waals surface area contributed by atoms with E-state index in [0.717, 1.165) is 16.7 Å². The Balaban J connectivity index is 1.35. The normalized spacial score (nSPS) is 13.7. The molecule has 0 saturated heterocycles. The van der Waals surface area contributed by atoms with Crippen molar-refractivity contribution in [2.75, 3.05) is 12.1 Å². The molecule has 1 aliphatic heterocycles. The third-order valence-corrected chi connectivity index (χ3v) is 8.58. The quantitative estimate of drug-likeness (QED) is 0.317. The first kappa shape index (κ1) is 26.8. The predicted molar refractivity (Wildman–Crippen MR) is 149 cm³/mol. The maximum Gasteiger partial charge on any atom is 0.244 e. The number of benzene rings is 3. The second kappa shape index (κ2) is 10.8. The van der Waals surface area contributed by atoms with Gasteiger partial charge in [-0.3, -0.25) is 10.1 Å². The molecule has 2 N–H and O–H groups in total. The minimum absolute atomic E-state index is 0.0855. The minimum atomic E-state index is -3.99. The first-order chi connectivity index (χ1) is 18.6. The number of rotatable bonds is 8. The van der Waals surface area contributed by atoms with Crippen molar-refractivity contribution in [1.82, 2.24) is 14.9 Å². The van der Waals surface area contributed by atoms with Crippen LogP contribution in [0.2, 0.25) is 0 Å². The lowest BCUT2D eigenvalue weighted by molar-refractivity contribution is -0.117. The number of nitrogens with zero attached hydrogens (tertiary/aromatic N) is 2. The summed E-state index contributed by atoms with van der Waals surface area (Å²) in [6, 6.07) is 20.3. The number of amides is 1. The van der Waals surface area contributed by atoms with Crippen molar-refractivity contribution in [2.24, 2.45) is 0 Å². The number of hydrogen-bond donors (Lipinski definition) is 2. The third-order valence-electron chi connectivity index (χ3n) is 6.20. The number of anilines is 1. The summed E-state index contributed by atoms with van der Waals surface area (Å²) in [6.45, 7) is 6.33. The number of nitrogens with one attached hydrogen (secondary N) is 2. The minimum Gasteiger partial charge on any atom is -0.454 e. The first-order valence-corrected chi connectivity index (χ1v) is 14.6. The molecule has 11 heteroatoms. The predicted octanol–water partition coefficient (Wildman–Crippen LogP) is 4.76. The molecule has 9 nitrogen and oxygen atoms in total. The van der Waals surface area contributed by atoms with E-state index in [9.17, 15) is 13.2 Å². The average molecular weight is 565 g/mol. The van der Waals surface area contributed by atoms with Crippen LogP contribution in [0.4, 0.5) is 5.13 Å². The van der Waals surface area contributed by atoms with Crippen molar-refractivity contribution in [3.63, 3.8) is 0 Å². The molecule has 0 bridgehead atoms. The van der Waals surface area contributed by atoms with Crippen LogP contribution >= 0.6 is 11.3 Å². The van der Waals surface area contributed by atoms with Gasteiger partial charge in [-0.2, -0.15) is 4.72 Å². The number of sulfonamides is 1. The van der Waals surface area contributed by atoms with Crippen molar-refractivity contribution in [3.05, 3.63) is 83.9 Å². The van der Waals surface area contributed by atoms with Crippen LogP contribution in [0.3, 0.4) is 0 Å². The molecule has 202 valence electrons. The summed E-state index contributed by atoms with van der Waals surface area (Å²) in [5.41, 5.74) is 2.46. The molecule has 0 spiro atoms. The molecule has 1 unspecified atom stereocenters. The van der Waals surface area contributed by atoms with Crippen LogP contribution < -0.4 is 19.5 Å². The molecule has 0 fully saturated rings. The van der Waals surface area contributed by atoms with E-state index < -0.39 is 22.0 Å². The monoisotopic (exact) mass is 564 g/mol. The van der Waals surface area contributed by atoms with E-state index in [1.165, 1.54) is 11.3 Å². The molecule has 4 aromatic rings. The second-order valence-electron chi connectivity index (χ2n) is 10.1. The van der Waals surface area contributed by atoms with Crippen LogP contribution in [0.15, 0.2) is 77.7 Å². The lowest BCUT2D eigenvalue weighted by Crippen LogP contribution is -2.45. The van der Waals surface area contributed by atoms with E-state index in [1.54, 1.807) is 36.4 Å². The Hall–Kier alpha value is -3.80. The lowest BCUT2D eigenvalue weighted by Gasteiger charge is -2.20. The van der Waals surface area contributed by atoms with Gasteiger partial charge in [0.25, 0.3) is 0 Å². The SMILES string of the molecule is CC(C)(C)c1ccc(S(=O)(=O)NC(Cc2ccccc2)C(=O)Nc2nnc(-c3ccc4c(c3)OCO4)s2)cc1. The smallest absolute Gasteiger partial charge is 0.244 e. The number of hydrogen-bond acceptors (Lipinski definition) is 8. The van der Waals surface area contributed by atoms with Crippen LogP contribution in [0, 0.1) is 0 Å². The van der Waals surface area contributed by atoms with Crippen molar-refractivity contribution in [2.45, 2.75) is 43.5 Å². The molecule has 1 atom stereocenters. The summed E-state index contributed by atoms with van der Waals surface area (Å²) in [5.74, 6) is 0.726. The van der Waals surface area contributed by atoms with Crippen molar-refractivity contribution >= 4 is 32.4 Å². The molecule has 2 heterocycles. The summed E-state index contributed by atoms with van der Waals surface area (Å²) in [5, 5.41) is 11.8. The van der Waals surface area contributed by atoms with Gasteiger partial charge in [0, 0.05) is 5.56 Å².